The molecule has 4 aromatic rings. The topological polar surface area (TPSA) is 86.8 Å². The number of hydrogen-bond acceptors (Lipinski definition) is 4. The van der Waals surface area contributed by atoms with Gasteiger partial charge >= 0.3 is 0 Å². The zero-order valence-corrected chi connectivity index (χ0v) is 24.8. The molecule has 1 N–H and O–H groups in total. The predicted molar refractivity (Wildman–Crippen MR) is 163 cm³/mol. The molecule has 2 amide bonds. The second-order valence-electron chi connectivity index (χ2n) is 10.6. The number of likely N-dealkylation sites (N-methyl/N-ethyl adjacent to an activating group) is 1. The molecule has 214 valence electrons. The summed E-state index contributed by atoms with van der Waals surface area (Å²) in [4.78, 5) is 29.2. The Bertz CT molecular complexity index is 1620. The molecule has 4 aromatic carbocycles. The third-order valence-electron chi connectivity index (χ3n) is 7.09. The standard InChI is InChI=1S/C33H37N3O4S/c1-24(2)34-33(38)31(20-26-13-6-5-7-14-26)36(22-29-17-9-8-12-25(29)3)32(37)23-35(4)41(39,40)30-19-18-27-15-10-11-16-28(27)21-30/h5-19,21,24,31H,20,22-23H2,1-4H3,(H,34,38)/t31-/m1/s1. The lowest BCUT2D eigenvalue weighted by molar-refractivity contribution is -0.141. The average Bonchev–Trinajstić information content (AvgIpc) is 2.95. The van der Waals surface area contributed by atoms with Gasteiger partial charge in [-0.05, 0) is 60.4 Å². The molecular formula is C33H37N3O4S. The largest absolute Gasteiger partial charge is 0.352 e. The van der Waals surface area contributed by atoms with Crippen LogP contribution in [0.15, 0.2) is 102 Å². The first-order valence-corrected chi connectivity index (χ1v) is 15.1. The van der Waals surface area contributed by atoms with Gasteiger partial charge in [-0.2, -0.15) is 4.31 Å². The highest BCUT2D eigenvalue weighted by Crippen LogP contribution is 2.23. The van der Waals surface area contributed by atoms with E-state index in [-0.39, 0.29) is 29.8 Å². The average molecular weight is 572 g/mol. The first-order valence-electron chi connectivity index (χ1n) is 13.7. The molecule has 0 aliphatic carbocycles. The molecule has 0 aliphatic rings. The van der Waals surface area contributed by atoms with Crippen LogP contribution in [-0.4, -0.2) is 55.1 Å². The summed E-state index contributed by atoms with van der Waals surface area (Å²) < 4.78 is 28.2. The summed E-state index contributed by atoms with van der Waals surface area (Å²) >= 11 is 0. The quantitative estimate of drug-likeness (QED) is 0.277. The molecule has 0 aromatic heterocycles. The van der Waals surface area contributed by atoms with Crippen LogP contribution in [0.1, 0.15) is 30.5 Å². The molecule has 0 radical (unpaired) electrons. The van der Waals surface area contributed by atoms with Crippen molar-refractivity contribution in [1.82, 2.24) is 14.5 Å². The van der Waals surface area contributed by atoms with E-state index in [0.29, 0.717) is 0 Å². The van der Waals surface area contributed by atoms with Gasteiger partial charge in [-0.3, -0.25) is 9.59 Å². The molecule has 0 unspecified atom stereocenters. The number of benzene rings is 4. The third-order valence-corrected chi connectivity index (χ3v) is 8.89. The van der Waals surface area contributed by atoms with Crippen LogP contribution in [0.3, 0.4) is 0 Å². The molecule has 0 aliphatic heterocycles. The maximum atomic E-state index is 14.0. The number of carbonyl (C=O) groups is 2. The number of amides is 2. The van der Waals surface area contributed by atoms with E-state index >= 15 is 0 Å². The lowest BCUT2D eigenvalue weighted by Gasteiger charge is -2.33. The number of nitrogens with one attached hydrogen (secondary N) is 1. The van der Waals surface area contributed by atoms with Crippen molar-refractivity contribution in [2.45, 2.75) is 50.7 Å². The molecule has 0 fully saturated rings. The molecule has 0 bridgehead atoms. The second kappa shape index (κ2) is 13.1. The van der Waals surface area contributed by atoms with Crippen molar-refractivity contribution in [2.75, 3.05) is 13.6 Å². The Morgan fingerprint density at radius 2 is 1.46 bits per heavy atom. The molecular weight excluding hydrogens is 534 g/mol. The van der Waals surface area contributed by atoms with Gasteiger partial charge in [0.15, 0.2) is 0 Å². The van der Waals surface area contributed by atoms with Crippen LogP contribution in [-0.2, 0) is 32.6 Å². The summed E-state index contributed by atoms with van der Waals surface area (Å²) in [5, 5.41) is 4.68. The fourth-order valence-electron chi connectivity index (χ4n) is 4.78. The van der Waals surface area contributed by atoms with E-state index in [0.717, 1.165) is 31.8 Å². The first-order chi connectivity index (χ1) is 19.6. The molecule has 0 saturated heterocycles. The number of hydrogen-bond donors (Lipinski definition) is 1. The summed E-state index contributed by atoms with van der Waals surface area (Å²) in [6.45, 7) is 5.44. The maximum absolute atomic E-state index is 14.0. The Kier molecular flexibility index (Phi) is 9.57. The van der Waals surface area contributed by atoms with Gasteiger partial charge in [0.2, 0.25) is 21.8 Å². The molecule has 1 atom stereocenters. The monoisotopic (exact) mass is 571 g/mol. The van der Waals surface area contributed by atoms with Crippen molar-refractivity contribution in [3.05, 3.63) is 114 Å². The zero-order valence-electron chi connectivity index (χ0n) is 23.9. The third kappa shape index (κ3) is 7.39. The highest BCUT2D eigenvalue weighted by atomic mass is 32.2. The highest BCUT2D eigenvalue weighted by Gasteiger charge is 2.33. The first kappa shape index (κ1) is 30.0. The zero-order chi connectivity index (χ0) is 29.6. The number of carbonyl (C=O) groups excluding carboxylic acids is 2. The minimum absolute atomic E-state index is 0.107. The Hall–Kier alpha value is -4.01. The smallest absolute Gasteiger partial charge is 0.243 e. The summed E-state index contributed by atoms with van der Waals surface area (Å²) in [6, 6.07) is 28.7. The van der Waals surface area contributed by atoms with Crippen molar-refractivity contribution in [3.8, 4) is 0 Å². The van der Waals surface area contributed by atoms with Crippen molar-refractivity contribution in [2.24, 2.45) is 0 Å². The summed E-state index contributed by atoms with van der Waals surface area (Å²) in [6.07, 6.45) is 0.290. The molecule has 4 rings (SSSR count). The highest BCUT2D eigenvalue weighted by molar-refractivity contribution is 7.89. The van der Waals surface area contributed by atoms with E-state index in [1.165, 1.54) is 11.9 Å². The lowest BCUT2D eigenvalue weighted by Crippen LogP contribution is -2.54. The van der Waals surface area contributed by atoms with Crippen LogP contribution in [0.5, 0.6) is 0 Å². The van der Waals surface area contributed by atoms with Crippen molar-refractivity contribution < 1.29 is 18.0 Å². The number of aryl methyl sites for hydroxylation is 1. The predicted octanol–water partition coefficient (Wildman–Crippen LogP) is 4.93. The van der Waals surface area contributed by atoms with Gasteiger partial charge in [-0.1, -0.05) is 84.9 Å². The van der Waals surface area contributed by atoms with Gasteiger partial charge in [0.25, 0.3) is 0 Å². The Morgan fingerprint density at radius 3 is 2.15 bits per heavy atom. The molecule has 0 heterocycles. The Labute approximate surface area is 242 Å². The summed E-state index contributed by atoms with van der Waals surface area (Å²) in [7, 11) is -2.58. The summed E-state index contributed by atoms with van der Waals surface area (Å²) in [5.41, 5.74) is 2.76. The van der Waals surface area contributed by atoms with Gasteiger partial charge in [-0.15, -0.1) is 0 Å². The van der Waals surface area contributed by atoms with Gasteiger partial charge in [0, 0.05) is 26.1 Å². The fourth-order valence-corrected chi connectivity index (χ4v) is 5.94. The van der Waals surface area contributed by atoms with E-state index in [2.05, 4.69) is 5.32 Å². The maximum Gasteiger partial charge on any atom is 0.243 e. The van der Waals surface area contributed by atoms with Crippen LogP contribution in [0, 0.1) is 6.92 Å². The van der Waals surface area contributed by atoms with Gasteiger partial charge in [0.1, 0.15) is 6.04 Å². The van der Waals surface area contributed by atoms with Crippen LogP contribution >= 0.6 is 0 Å². The lowest BCUT2D eigenvalue weighted by atomic mass is 10.0. The van der Waals surface area contributed by atoms with Crippen molar-refractivity contribution in [3.63, 3.8) is 0 Å². The van der Waals surface area contributed by atoms with Crippen molar-refractivity contribution in [1.29, 1.82) is 0 Å². The molecule has 7 nitrogen and oxygen atoms in total. The number of sulfonamides is 1. The normalized spacial score (nSPS) is 12.4. The van der Waals surface area contributed by atoms with E-state index in [1.54, 1.807) is 18.2 Å². The SMILES string of the molecule is Cc1ccccc1CN(C(=O)CN(C)S(=O)(=O)c1ccc2ccccc2c1)[C@H](Cc1ccccc1)C(=O)NC(C)C. The Balaban J connectivity index is 1.68. The minimum Gasteiger partial charge on any atom is -0.352 e. The van der Waals surface area contributed by atoms with Crippen LogP contribution < -0.4 is 5.32 Å². The molecule has 0 saturated carbocycles. The molecule has 41 heavy (non-hydrogen) atoms. The van der Waals surface area contributed by atoms with E-state index < -0.39 is 28.5 Å². The van der Waals surface area contributed by atoms with E-state index in [1.807, 2.05) is 99.6 Å². The van der Waals surface area contributed by atoms with Gasteiger partial charge < -0.3 is 10.2 Å². The minimum atomic E-state index is -3.98. The number of rotatable bonds is 11. The van der Waals surface area contributed by atoms with Gasteiger partial charge in [-0.25, -0.2) is 8.42 Å². The van der Waals surface area contributed by atoms with Crippen LogP contribution in [0.2, 0.25) is 0 Å². The molecule has 8 heteroatoms. The van der Waals surface area contributed by atoms with E-state index in [9.17, 15) is 18.0 Å². The van der Waals surface area contributed by atoms with Gasteiger partial charge in [0.05, 0.1) is 11.4 Å². The number of fused-ring (bicyclic) bond motifs is 1. The number of nitrogens with zero attached hydrogens (tertiary/aromatic N) is 2. The van der Waals surface area contributed by atoms with Crippen LogP contribution in [0.25, 0.3) is 10.8 Å². The fraction of sp³-hybridized carbons (Fsp3) is 0.273. The second-order valence-corrected chi connectivity index (χ2v) is 12.6. The van der Waals surface area contributed by atoms with E-state index in [4.69, 9.17) is 0 Å². The summed E-state index contributed by atoms with van der Waals surface area (Å²) in [5.74, 6) is -0.745. The van der Waals surface area contributed by atoms with Crippen LogP contribution in [0.4, 0.5) is 0 Å². The van der Waals surface area contributed by atoms with Crippen molar-refractivity contribution >= 4 is 32.6 Å². The molecule has 0 spiro atoms. The Morgan fingerprint density at radius 1 is 0.829 bits per heavy atom.